The van der Waals surface area contributed by atoms with Crippen molar-refractivity contribution in [2.24, 2.45) is 23.0 Å². The predicted octanol–water partition coefficient (Wildman–Crippen LogP) is 1.94. The number of aliphatic hydroxyl groups is 1. The highest BCUT2D eigenvalue weighted by molar-refractivity contribution is 5.85. The molecule has 19 heavy (non-hydrogen) atoms. The Morgan fingerprint density at radius 1 is 1.32 bits per heavy atom. The number of carbonyl (C=O) groups is 1. The molecule has 0 radical (unpaired) electrons. The summed E-state index contributed by atoms with van der Waals surface area (Å²) in [5, 5.41) is 12.9. The van der Waals surface area contributed by atoms with E-state index in [9.17, 15) is 9.90 Å². The van der Waals surface area contributed by atoms with Crippen molar-refractivity contribution >= 4 is 18.3 Å². The Morgan fingerprint density at radius 3 is 2.16 bits per heavy atom. The number of halogens is 1. The summed E-state index contributed by atoms with van der Waals surface area (Å²) in [6.45, 7) is 12.3. The van der Waals surface area contributed by atoms with Crippen LogP contribution in [0.4, 0.5) is 0 Å². The minimum atomic E-state index is -0.470. The first-order valence-corrected chi connectivity index (χ1v) is 6.84. The van der Waals surface area contributed by atoms with Gasteiger partial charge in [0.15, 0.2) is 0 Å². The number of rotatable bonds is 7. The van der Waals surface area contributed by atoms with Gasteiger partial charge in [0, 0.05) is 12.0 Å². The lowest BCUT2D eigenvalue weighted by Crippen LogP contribution is -2.50. The SMILES string of the molecule is CCC(C)C(N)C(=O)NCC(C)(C)C(O)C(C)C.Cl. The third-order valence-corrected chi connectivity index (χ3v) is 3.71. The number of hydrogen-bond acceptors (Lipinski definition) is 3. The van der Waals surface area contributed by atoms with Crippen LogP contribution in [0.25, 0.3) is 0 Å². The summed E-state index contributed by atoms with van der Waals surface area (Å²) in [4.78, 5) is 11.9. The third-order valence-electron chi connectivity index (χ3n) is 3.71. The standard InChI is InChI=1S/C14H30N2O2.ClH/c1-7-10(4)11(15)13(18)16-8-14(5,6)12(17)9(2)3;/h9-12,17H,7-8,15H2,1-6H3,(H,16,18);1H. The summed E-state index contributed by atoms with van der Waals surface area (Å²) < 4.78 is 0. The molecule has 3 unspecified atom stereocenters. The van der Waals surface area contributed by atoms with Crippen molar-refractivity contribution < 1.29 is 9.90 Å². The number of carbonyl (C=O) groups excluding carboxylic acids is 1. The average molecular weight is 295 g/mol. The van der Waals surface area contributed by atoms with E-state index in [0.717, 1.165) is 6.42 Å². The lowest BCUT2D eigenvalue weighted by atomic mass is 9.80. The van der Waals surface area contributed by atoms with Gasteiger partial charge in [0.05, 0.1) is 12.1 Å². The van der Waals surface area contributed by atoms with E-state index in [0.29, 0.717) is 6.54 Å². The summed E-state index contributed by atoms with van der Waals surface area (Å²) in [5.74, 6) is 0.205. The molecule has 0 aliphatic rings. The molecular weight excluding hydrogens is 264 g/mol. The Kier molecular flexibility index (Phi) is 9.69. The largest absolute Gasteiger partial charge is 0.392 e. The summed E-state index contributed by atoms with van der Waals surface area (Å²) in [5.41, 5.74) is 5.51. The van der Waals surface area contributed by atoms with Gasteiger partial charge in [-0.3, -0.25) is 4.79 Å². The molecule has 0 saturated heterocycles. The molecule has 0 aromatic rings. The monoisotopic (exact) mass is 294 g/mol. The second-order valence-electron chi connectivity index (χ2n) is 6.31. The summed E-state index contributed by atoms with van der Waals surface area (Å²) in [6.07, 6.45) is 0.435. The van der Waals surface area contributed by atoms with E-state index in [2.05, 4.69) is 5.32 Å². The normalized spacial score (nSPS) is 16.5. The molecule has 0 spiro atoms. The number of amides is 1. The third kappa shape index (κ3) is 6.59. The van der Waals surface area contributed by atoms with Gasteiger partial charge in [-0.15, -0.1) is 12.4 Å². The molecule has 0 bridgehead atoms. The summed E-state index contributed by atoms with van der Waals surface area (Å²) >= 11 is 0. The number of nitrogens with two attached hydrogens (primary N) is 1. The van der Waals surface area contributed by atoms with Crippen LogP contribution >= 0.6 is 12.4 Å². The quantitative estimate of drug-likeness (QED) is 0.672. The molecule has 0 aliphatic heterocycles. The number of aliphatic hydroxyl groups excluding tert-OH is 1. The van der Waals surface area contributed by atoms with Crippen molar-refractivity contribution in [3.63, 3.8) is 0 Å². The zero-order chi connectivity index (χ0) is 14.5. The van der Waals surface area contributed by atoms with Crippen LogP contribution in [0.1, 0.15) is 48.0 Å². The van der Waals surface area contributed by atoms with Crippen molar-refractivity contribution in [3.8, 4) is 0 Å². The molecule has 0 aromatic heterocycles. The second kappa shape index (κ2) is 8.77. The molecule has 116 valence electrons. The van der Waals surface area contributed by atoms with Crippen LogP contribution in [-0.4, -0.2) is 29.7 Å². The summed E-state index contributed by atoms with van der Waals surface area (Å²) in [6, 6.07) is -0.470. The topological polar surface area (TPSA) is 75.4 Å². The second-order valence-corrected chi connectivity index (χ2v) is 6.31. The van der Waals surface area contributed by atoms with Gasteiger partial charge in [-0.05, 0) is 11.8 Å². The molecule has 4 nitrogen and oxygen atoms in total. The Hall–Kier alpha value is -0.320. The maximum Gasteiger partial charge on any atom is 0.237 e. The molecular formula is C14H31ClN2O2. The molecule has 4 N–H and O–H groups in total. The van der Waals surface area contributed by atoms with E-state index in [4.69, 9.17) is 5.73 Å². The minimum absolute atomic E-state index is 0. The zero-order valence-electron chi connectivity index (χ0n) is 13.1. The number of hydrogen-bond donors (Lipinski definition) is 3. The van der Waals surface area contributed by atoms with E-state index >= 15 is 0 Å². The highest BCUT2D eigenvalue weighted by Gasteiger charge is 2.31. The molecule has 3 atom stereocenters. The molecule has 1 amide bonds. The first-order valence-electron chi connectivity index (χ1n) is 6.84. The van der Waals surface area contributed by atoms with Gasteiger partial charge in [0.1, 0.15) is 0 Å². The lowest BCUT2D eigenvalue weighted by molar-refractivity contribution is -0.124. The van der Waals surface area contributed by atoms with E-state index in [1.165, 1.54) is 0 Å². The van der Waals surface area contributed by atoms with Crippen molar-refractivity contribution in [3.05, 3.63) is 0 Å². The molecule has 0 fully saturated rings. The Bertz CT molecular complexity index is 270. The lowest BCUT2D eigenvalue weighted by Gasteiger charge is -2.33. The maximum atomic E-state index is 11.9. The Labute approximate surface area is 123 Å². The van der Waals surface area contributed by atoms with Crippen molar-refractivity contribution in [1.29, 1.82) is 0 Å². The maximum absolute atomic E-state index is 11.9. The first kappa shape index (κ1) is 21.0. The molecule has 0 saturated carbocycles. The Balaban J connectivity index is 0. The number of nitrogens with one attached hydrogen (secondary N) is 1. The van der Waals surface area contributed by atoms with E-state index in [1.54, 1.807) is 0 Å². The van der Waals surface area contributed by atoms with Crippen molar-refractivity contribution in [2.75, 3.05) is 6.54 Å². The van der Waals surface area contributed by atoms with Crippen LogP contribution in [0.15, 0.2) is 0 Å². The molecule has 0 aromatic carbocycles. The van der Waals surface area contributed by atoms with Crippen molar-refractivity contribution in [1.82, 2.24) is 5.32 Å². The van der Waals surface area contributed by atoms with Crippen LogP contribution in [0.3, 0.4) is 0 Å². The van der Waals surface area contributed by atoms with Crippen LogP contribution in [-0.2, 0) is 4.79 Å². The zero-order valence-corrected chi connectivity index (χ0v) is 13.9. The highest BCUT2D eigenvalue weighted by atomic mass is 35.5. The fraction of sp³-hybridized carbons (Fsp3) is 0.929. The Morgan fingerprint density at radius 2 is 1.79 bits per heavy atom. The molecule has 0 aliphatic carbocycles. The molecule has 5 heteroatoms. The van der Waals surface area contributed by atoms with Crippen LogP contribution in [0.2, 0.25) is 0 Å². The van der Waals surface area contributed by atoms with Gasteiger partial charge in [0.2, 0.25) is 5.91 Å². The minimum Gasteiger partial charge on any atom is -0.392 e. The van der Waals surface area contributed by atoms with E-state index in [1.807, 2.05) is 41.5 Å². The van der Waals surface area contributed by atoms with Crippen LogP contribution in [0, 0.1) is 17.3 Å². The predicted molar refractivity (Wildman–Crippen MR) is 82.3 cm³/mol. The van der Waals surface area contributed by atoms with E-state index in [-0.39, 0.29) is 35.6 Å². The van der Waals surface area contributed by atoms with Gasteiger partial charge in [-0.2, -0.15) is 0 Å². The average Bonchev–Trinajstić information content (AvgIpc) is 2.32. The molecule has 0 rings (SSSR count). The van der Waals surface area contributed by atoms with Crippen LogP contribution < -0.4 is 11.1 Å². The van der Waals surface area contributed by atoms with Gasteiger partial charge < -0.3 is 16.2 Å². The first-order chi connectivity index (χ1) is 8.13. The van der Waals surface area contributed by atoms with Gasteiger partial charge in [-0.25, -0.2) is 0 Å². The van der Waals surface area contributed by atoms with Gasteiger partial charge in [-0.1, -0.05) is 48.0 Å². The fourth-order valence-electron chi connectivity index (χ4n) is 1.95. The highest BCUT2D eigenvalue weighted by Crippen LogP contribution is 2.25. The van der Waals surface area contributed by atoms with Crippen molar-refractivity contribution in [2.45, 2.75) is 60.1 Å². The van der Waals surface area contributed by atoms with Gasteiger partial charge in [0.25, 0.3) is 0 Å². The van der Waals surface area contributed by atoms with Crippen LogP contribution in [0.5, 0.6) is 0 Å². The fourth-order valence-corrected chi connectivity index (χ4v) is 1.95. The molecule has 0 heterocycles. The summed E-state index contributed by atoms with van der Waals surface area (Å²) in [7, 11) is 0. The van der Waals surface area contributed by atoms with E-state index < -0.39 is 12.1 Å². The van der Waals surface area contributed by atoms with Gasteiger partial charge >= 0.3 is 0 Å². The smallest absolute Gasteiger partial charge is 0.237 e.